The van der Waals surface area contributed by atoms with Gasteiger partial charge >= 0.3 is 0 Å². The lowest BCUT2D eigenvalue weighted by Crippen LogP contribution is -2.47. The first-order valence-electron chi connectivity index (χ1n) is 13.0. The van der Waals surface area contributed by atoms with Crippen LogP contribution in [0, 0.1) is 5.41 Å². The van der Waals surface area contributed by atoms with Crippen LogP contribution in [-0.2, 0) is 15.4 Å². The number of anilines is 3. The summed E-state index contributed by atoms with van der Waals surface area (Å²) >= 11 is 0. The fourth-order valence-electron chi connectivity index (χ4n) is 6.03. The largest absolute Gasteiger partial charge is 0.495 e. The lowest BCUT2D eigenvalue weighted by atomic mass is 9.74. The van der Waals surface area contributed by atoms with Crippen LogP contribution in [0.15, 0.2) is 41.3 Å². The number of rotatable bonds is 7. The Hall–Kier alpha value is -2.29. The van der Waals surface area contributed by atoms with Gasteiger partial charge in [-0.05, 0) is 55.6 Å². The number of sulfonamides is 1. The van der Waals surface area contributed by atoms with Crippen molar-refractivity contribution < 1.29 is 13.2 Å². The van der Waals surface area contributed by atoms with Gasteiger partial charge in [-0.15, -0.1) is 0 Å². The Bertz CT molecular complexity index is 1190. The normalized spacial score (nSPS) is 18.1. The third kappa shape index (κ3) is 4.71. The number of hydrogen-bond acceptors (Lipinski definition) is 6. The molecule has 1 spiro atoms. The van der Waals surface area contributed by atoms with Gasteiger partial charge in [0.05, 0.1) is 29.1 Å². The molecule has 1 fully saturated rings. The first-order chi connectivity index (χ1) is 17.0. The molecular formula is C28H42N4O3S. The minimum absolute atomic E-state index is 0.211. The molecule has 2 heterocycles. The van der Waals surface area contributed by atoms with Gasteiger partial charge in [0.2, 0.25) is 10.0 Å². The van der Waals surface area contributed by atoms with Crippen molar-refractivity contribution in [3.63, 3.8) is 0 Å². The molecule has 2 aliphatic heterocycles. The molecule has 0 aromatic heterocycles. The summed E-state index contributed by atoms with van der Waals surface area (Å²) in [5, 5.41) is 0. The molecule has 0 unspecified atom stereocenters. The number of nitrogen functional groups attached to an aromatic ring is 1. The first kappa shape index (κ1) is 26.8. The topological polar surface area (TPSA) is 79.1 Å². The molecule has 0 radical (unpaired) electrons. The standard InChI is InChI=1S/C28H42N4O3S/c1-7-31(8-2)36(33,34)24-14-13-23(35-6)26-25(24)28(15-17-30(18-16-28)19-27(3,4)5)20-32(26)22-12-10-9-11-21(22)29/h9-14H,7-8,15-20,29H2,1-6H3. The summed E-state index contributed by atoms with van der Waals surface area (Å²) in [7, 11) is -2.03. The van der Waals surface area contributed by atoms with E-state index in [2.05, 4.69) is 30.6 Å². The number of hydrogen-bond donors (Lipinski definition) is 1. The van der Waals surface area contributed by atoms with Crippen molar-refractivity contribution in [3.8, 4) is 5.75 Å². The highest BCUT2D eigenvalue weighted by molar-refractivity contribution is 7.89. The van der Waals surface area contributed by atoms with Gasteiger partial charge in [0.25, 0.3) is 0 Å². The van der Waals surface area contributed by atoms with Crippen molar-refractivity contribution in [2.75, 3.05) is 57.0 Å². The molecule has 2 aromatic rings. The van der Waals surface area contributed by atoms with E-state index in [0.717, 1.165) is 49.4 Å². The van der Waals surface area contributed by atoms with E-state index in [1.807, 2.05) is 38.1 Å². The fraction of sp³-hybridized carbons (Fsp3) is 0.571. The number of ether oxygens (including phenoxy) is 1. The van der Waals surface area contributed by atoms with Gasteiger partial charge in [0.15, 0.2) is 0 Å². The zero-order valence-corrected chi connectivity index (χ0v) is 23.5. The van der Waals surface area contributed by atoms with Crippen molar-refractivity contribution in [2.24, 2.45) is 5.41 Å². The Morgan fingerprint density at radius 2 is 1.69 bits per heavy atom. The van der Waals surface area contributed by atoms with Crippen molar-refractivity contribution in [1.82, 2.24) is 9.21 Å². The van der Waals surface area contributed by atoms with E-state index in [0.29, 0.717) is 36.0 Å². The number of nitrogens with zero attached hydrogens (tertiary/aromatic N) is 3. The average molecular weight is 515 g/mol. The average Bonchev–Trinajstić information content (AvgIpc) is 3.15. The Morgan fingerprint density at radius 3 is 2.25 bits per heavy atom. The predicted molar refractivity (Wildman–Crippen MR) is 148 cm³/mol. The molecule has 4 rings (SSSR count). The van der Waals surface area contributed by atoms with E-state index < -0.39 is 10.0 Å². The zero-order valence-electron chi connectivity index (χ0n) is 22.7. The minimum atomic E-state index is -3.68. The molecule has 36 heavy (non-hydrogen) atoms. The van der Waals surface area contributed by atoms with E-state index in [1.165, 1.54) is 0 Å². The van der Waals surface area contributed by atoms with Crippen LogP contribution in [0.3, 0.4) is 0 Å². The number of nitrogens with two attached hydrogens (primary N) is 1. The maximum atomic E-state index is 14.0. The number of fused-ring (bicyclic) bond motifs is 2. The molecular weight excluding hydrogens is 472 g/mol. The van der Waals surface area contributed by atoms with Crippen LogP contribution in [0.4, 0.5) is 17.1 Å². The maximum Gasteiger partial charge on any atom is 0.243 e. The lowest BCUT2D eigenvalue weighted by molar-refractivity contribution is 0.124. The predicted octanol–water partition coefficient (Wildman–Crippen LogP) is 4.84. The minimum Gasteiger partial charge on any atom is -0.495 e. The Kier molecular flexibility index (Phi) is 7.34. The summed E-state index contributed by atoms with van der Waals surface area (Å²) in [6.07, 6.45) is 1.76. The van der Waals surface area contributed by atoms with E-state index in [9.17, 15) is 8.42 Å². The fourth-order valence-corrected chi connectivity index (χ4v) is 7.80. The second kappa shape index (κ2) is 9.88. The highest BCUT2D eigenvalue weighted by Gasteiger charge is 2.50. The second-order valence-corrected chi connectivity index (χ2v) is 13.2. The van der Waals surface area contributed by atoms with Crippen molar-refractivity contribution in [2.45, 2.75) is 57.8 Å². The molecule has 2 aliphatic rings. The molecule has 0 atom stereocenters. The number of methoxy groups -OCH3 is 1. The Morgan fingerprint density at radius 1 is 1.06 bits per heavy atom. The molecule has 8 heteroatoms. The van der Waals surface area contributed by atoms with E-state index in [1.54, 1.807) is 23.5 Å². The molecule has 0 amide bonds. The van der Waals surface area contributed by atoms with Crippen molar-refractivity contribution >= 4 is 27.1 Å². The Balaban J connectivity index is 1.91. The molecule has 198 valence electrons. The van der Waals surface area contributed by atoms with Gasteiger partial charge < -0.3 is 20.3 Å². The molecule has 7 nitrogen and oxygen atoms in total. The Labute approximate surface area is 217 Å². The molecule has 1 saturated heterocycles. The van der Waals surface area contributed by atoms with E-state index in [4.69, 9.17) is 10.5 Å². The van der Waals surface area contributed by atoms with Gasteiger partial charge in [-0.25, -0.2) is 8.42 Å². The zero-order chi connectivity index (χ0) is 26.3. The highest BCUT2D eigenvalue weighted by Crippen LogP contribution is 2.56. The second-order valence-electron chi connectivity index (χ2n) is 11.3. The third-order valence-corrected chi connectivity index (χ3v) is 9.74. The van der Waals surface area contributed by atoms with Crippen LogP contribution in [0.25, 0.3) is 0 Å². The van der Waals surface area contributed by atoms with Crippen LogP contribution in [-0.4, -0.2) is 64.0 Å². The van der Waals surface area contributed by atoms with Gasteiger partial charge in [0, 0.05) is 37.2 Å². The van der Waals surface area contributed by atoms with Crippen LogP contribution < -0.4 is 15.4 Å². The lowest BCUT2D eigenvalue weighted by Gasteiger charge is -2.42. The summed E-state index contributed by atoms with van der Waals surface area (Å²) in [4.78, 5) is 5.12. The van der Waals surface area contributed by atoms with Gasteiger partial charge in [-0.1, -0.05) is 46.8 Å². The quantitative estimate of drug-likeness (QED) is 0.533. The summed E-state index contributed by atoms with van der Waals surface area (Å²) < 4.78 is 35.3. The SMILES string of the molecule is CCN(CC)S(=O)(=O)c1ccc(OC)c2c1C1(CCN(CC(C)(C)C)CC1)CN2c1ccccc1N. The van der Waals surface area contributed by atoms with Crippen LogP contribution in [0.5, 0.6) is 5.75 Å². The number of benzene rings is 2. The van der Waals surface area contributed by atoms with Gasteiger partial charge in [-0.3, -0.25) is 0 Å². The summed E-state index contributed by atoms with van der Waals surface area (Å²) in [5.41, 5.74) is 9.66. The van der Waals surface area contributed by atoms with Crippen molar-refractivity contribution in [3.05, 3.63) is 42.0 Å². The van der Waals surface area contributed by atoms with Crippen LogP contribution in [0.1, 0.15) is 53.0 Å². The third-order valence-electron chi connectivity index (χ3n) is 7.65. The van der Waals surface area contributed by atoms with Gasteiger partial charge in [0.1, 0.15) is 5.75 Å². The smallest absolute Gasteiger partial charge is 0.243 e. The summed E-state index contributed by atoms with van der Waals surface area (Å²) in [5.74, 6) is 0.681. The number of piperidine rings is 1. The monoisotopic (exact) mass is 514 g/mol. The molecule has 0 aliphatic carbocycles. The van der Waals surface area contributed by atoms with Crippen LogP contribution >= 0.6 is 0 Å². The highest BCUT2D eigenvalue weighted by atomic mass is 32.2. The van der Waals surface area contributed by atoms with Crippen molar-refractivity contribution in [1.29, 1.82) is 0 Å². The molecule has 0 saturated carbocycles. The van der Waals surface area contributed by atoms with Crippen LogP contribution in [0.2, 0.25) is 0 Å². The summed E-state index contributed by atoms with van der Waals surface area (Å²) in [6.45, 7) is 15.0. The molecule has 0 bridgehead atoms. The summed E-state index contributed by atoms with van der Waals surface area (Å²) in [6, 6.07) is 11.4. The molecule has 2 aromatic carbocycles. The number of likely N-dealkylation sites (tertiary alicyclic amines) is 1. The molecule has 2 N–H and O–H groups in total. The first-order valence-corrected chi connectivity index (χ1v) is 14.5. The number of para-hydroxylation sites is 2. The van der Waals surface area contributed by atoms with E-state index >= 15 is 0 Å². The van der Waals surface area contributed by atoms with E-state index in [-0.39, 0.29) is 10.8 Å². The van der Waals surface area contributed by atoms with Gasteiger partial charge in [-0.2, -0.15) is 4.31 Å². The maximum absolute atomic E-state index is 14.0.